The van der Waals surface area contributed by atoms with Gasteiger partial charge in [0.2, 0.25) is 0 Å². The highest BCUT2D eigenvalue weighted by Crippen LogP contribution is 2.22. The SMILES string of the molecule is CCOC(=O)C(F)N1CCN(c2ccc(F)cc2F)CC1. The lowest BCUT2D eigenvalue weighted by Crippen LogP contribution is -2.51. The molecule has 0 aliphatic carbocycles. The Hall–Kier alpha value is -1.76. The molecule has 0 N–H and O–H groups in total. The summed E-state index contributed by atoms with van der Waals surface area (Å²) < 4.78 is 45.0. The van der Waals surface area contributed by atoms with Crippen molar-refractivity contribution < 1.29 is 22.7 Å². The van der Waals surface area contributed by atoms with Gasteiger partial charge in [0.15, 0.2) is 0 Å². The van der Waals surface area contributed by atoms with Crippen LogP contribution in [0.5, 0.6) is 0 Å². The zero-order valence-electron chi connectivity index (χ0n) is 11.7. The summed E-state index contributed by atoms with van der Waals surface area (Å²) in [6.07, 6.45) is -1.80. The van der Waals surface area contributed by atoms with Gasteiger partial charge in [0.1, 0.15) is 11.6 Å². The fourth-order valence-corrected chi connectivity index (χ4v) is 2.29. The van der Waals surface area contributed by atoms with Crippen LogP contribution in [0.1, 0.15) is 6.92 Å². The van der Waals surface area contributed by atoms with Gasteiger partial charge in [-0.3, -0.25) is 4.90 Å². The molecule has 0 saturated carbocycles. The molecule has 1 unspecified atom stereocenters. The summed E-state index contributed by atoms with van der Waals surface area (Å²) in [5.74, 6) is -2.19. The second-order valence-corrected chi connectivity index (χ2v) is 4.71. The maximum Gasteiger partial charge on any atom is 0.356 e. The van der Waals surface area contributed by atoms with Crippen LogP contribution in [-0.4, -0.2) is 50.0 Å². The lowest BCUT2D eigenvalue weighted by Gasteiger charge is -2.36. The molecule has 1 saturated heterocycles. The number of ether oxygens (including phenoxy) is 1. The summed E-state index contributed by atoms with van der Waals surface area (Å²) in [6.45, 7) is 2.96. The summed E-state index contributed by atoms with van der Waals surface area (Å²) in [4.78, 5) is 14.4. The van der Waals surface area contributed by atoms with Crippen LogP contribution in [0, 0.1) is 11.6 Å². The third-order valence-corrected chi connectivity index (χ3v) is 3.37. The smallest absolute Gasteiger partial charge is 0.356 e. The fraction of sp³-hybridized carbons (Fsp3) is 0.500. The number of carbonyl (C=O) groups excluding carboxylic acids is 1. The van der Waals surface area contributed by atoms with Crippen molar-refractivity contribution in [2.45, 2.75) is 13.2 Å². The van der Waals surface area contributed by atoms with E-state index < -0.39 is 23.9 Å². The highest BCUT2D eigenvalue weighted by Gasteiger charge is 2.30. The van der Waals surface area contributed by atoms with E-state index in [9.17, 15) is 18.0 Å². The highest BCUT2D eigenvalue weighted by atomic mass is 19.1. The first kappa shape index (κ1) is 15.6. The third kappa shape index (κ3) is 3.66. The monoisotopic (exact) mass is 302 g/mol. The molecule has 1 fully saturated rings. The molecule has 0 spiro atoms. The van der Waals surface area contributed by atoms with Gasteiger partial charge in [0, 0.05) is 32.2 Å². The summed E-state index contributed by atoms with van der Waals surface area (Å²) in [6, 6.07) is 3.36. The number of nitrogens with zero attached hydrogens (tertiary/aromatic N) is 2. The minimum absolute atomic E-state index is 0.125. The van der Waals surface area contributed by atoms with Crippen LogP contribution in [-0.2, 0) is 9.53 Å². The zero-order chi connectivity index (χ0) is 15.4. The molecule has 21 heavy (non-hydrogen) atoms. The number of anilines is 1. The largest absolute Gasteiger partial charge is 0.463 e. The van der Waals surface area contributed by atoms with E-state index >= 15 is 0 Å². The normalized spacial score (nSPS) is 17.6. The first-order chi connectivity index (χ1) is 10.0. The van der Waals surface area contributed by atoms with Crippen molar-refractivity contribution in [2.24, 2.45) is 0 Å². The van der Waals surface area contributed by atoms with Crippen LogP contribution >= 0.6 is 0 Å². The number of halogens is 3. The van der Waals surface area contributed by atoms with E-state index in [-0.39, 0.29) is 25.4 Å². The molecule has 2 rings (SSSR count). The maximum absolute atomic E-state index is 13.8. The Bertz CT molecular complexity index is 505. The Labute approximate surface area is 121 Å². The van der Waals surface area contributed by atoms with Crippen LogP contribution in [0.25, 0.3) is 0 Å². The standard InChI is InChI=1S/C14H17F3N2O2/c1-2-21-14(20)13(17)19-7-5-18(6-8-19)12-4-3-10(15)9-11(12)16/h3-4,9,13H,2,5-8H2,1H3. The maximum atomic E-state index is 13.8. The van der Waals surface area contributed by atoms with Crippen molar-refractivity contribution in [3.63, 3.8) is 0 Å². The number of benzene rings is 1. The number of hydrogen-bond acceptors (Lipinski definition) is 4. The Morgan fingerprint density at radius 1 is 1.29 bits per heavy atom. The van der Waals surface area contributed by atoms with E-state index in [0.29, 0.717) is 13.1 Å². The van der Waals surface area contributed by atoms with E-state index in [0.717, 1.165) is 6.07 Å². The molecule has 116 valence electrons. The minimum atomic E-state index is -1.80. The van der Waals surface area contributed by atoms with Gasteiger partial charge in [-0.15, -0.1) is 0 Å². The highest BCUT2D eigenvalue weighted by molar-refractivity contribution is 5.74. The quantitative estimate of drug-likeness (QED) is 0.629. The molecule has 1 aliphatic heterocycles. The lowest BCUT2D eigenvalue weighted by molar-refractivity contribution is -0.157. The Kier molecular flexibility index (Phi) is 5.06. The Morgan fingerprint density at radius 3 is 2.52 bits per heavy atom. The van der Waals surface area contributed by atoms with E-state index in [1.165, 1.54) is 17.0 Å². The average molecular weight is 302 g/mol. The molecule has 1 aromatic carbocycles. The molecule has 7 heteroatoms. The molecule has 1 aromatic rings. The van der Waals surface area contributed by atoms with Crippen molar-refractivity contribution in [1.29, 1.82) is 0 Å². The van der Waals surface area contributed by atoms with Crippen LogP contribution in [0.3, 0.4) is 0 Å². The molecular formula is C14H17F3N2O2. The summed E-state index contributed by atoms with van der Waals surface area (Å²) >= 11 is 0. The first-order valence-electron chi connectivity index (χ1n) is 6.77. The molecule has 0 bridgehead atoms. The van der Waals surface area contributed by atoms with Gasteiger partial charge in [0.25, 0.3) is 6.30 Å². The van der Waals surface area contributed by atoms with Gasteiger partial charge < -0.3 is 9.64 Å². The van der Waals surface area contributed by atoms with E-state index in [1.54, 1.807) is 11.8 Å². The molecule has 1 heterocycles. The fourth-order valence-electron chi connectivity index (χ4n) is 2.29. The first-order valence-corrected chi connectivity index (χ1v) is 6.77. The number of piperazine rings is 1. The van der Waals surface area contributed by atoms with Crippen LogP contribution in [0.15, 0.2) is 18.2 Å². The van der Waals surface area contributed by atoms with E-state index in [2.05, 4.69) is 4.74 Å². The number of esters is 1. The van der Waals surface area contributed by atoms with Gasteiger partial charge in [-0.05, 0) is 19.1 Å². The van der Waals surface area contributed by atoms with Gasteiger partial charge in [0.05, 0.1) is 12.3 Å². The van der Waals surface area contributed by atoms with E-state index in [1.807, 2.05) is 0 Å². The predicted molar refractivity (Wildman–Crippen MR) is 71.7 cm³/mol. The third-order valence-electron chi connectivity index (χ3n) is 3.37. The minimum Gasteiger partial charge on any atom is -0.463 e. The van der Waals surface area contributed by atoms with Crippen molar-refractivity contribution in [1.82, 2.24) is 4.90 Å². The molecule has 0 radical (unpaired) electrons. The van der Waals surface area contributed by atoms with E-state index in [4.69, 9.17) is 0 Å². The van der Waals surface area contributed by atoms with Gasteiger partial charge >= 0.3 is 5.97 Å². The molecular weight excluding hydrogens is 285 g/mol. The second-order valence-electron chi connectivity index (χ2n) is 4.71. The average Bonchev–Trinajstić information content (AvgIpc) is 2.47. The van der Waals surface area contributed by atoms with Gasteiger partial charge in [-0.1, -0.05) is 0 Å². The van der Waals surface area contributed by atoms with Crippen LogP contribution in [0.4, 0.5) is 18.9 Å². The zero-order valence-corrected chi connectivity index (χ0v) is 11.7. The molecule has 4 nitrogen and oxygen atoms in total. The number of rotatable bonds is 4. The van der Waals surface area contributed by atoms with Crippen molar-refractivity contribution in [3.8, 4) is 0 Å². The lowest BCUT2D eigenvalue weighted by atomic mass is 10.2. The Morgan fingerprint density at radius 2 is 1.95 bits per heavy atom. The number of hydrogen-bond donors (Lipinski definition) is 0. The summed E-state index contributed by atoms with van der Waals surface area (Å²) in [5.41, 5.74) is 0.280. The van der Waals surface area contributed by atoms with Gasteiger partial charge in [-0.25, -0.2) is 18.0 Å². The van der Waals surface area contributed by atoms with Gasteiger partial charge in [-0.2, -0.15) is 0 Å². The molecule has 0 aromatic heterocycles. The summed E-state index contributed by atoms with van der Waals surface area (Å²) in [7, 11) is 0. The van der Waals surface area contributed by atoms with Crippen LogP contribution < -0.4 is 4.90 Å². The summed E-state index contributed by atoms with van der Waals surface area (Å²) in [5, 5.41) is 0. The number of alkyl halides is 1. The molecule has 1 aliphatic rings. The van der Waals surface area contributed by atoms with Crippen LogP contribution in [0.2, 0.25) is 0 Å². The Balaban J connectivity index is 1.95. The topological polar surface area (TPSA) is 32.8 Å². The van der Waals surface area contributed by atoms with Crippen molar-refractivity contribution >= 4 is 11.7 Å². The van der Waals surface area contributed by atoms with Crippen molar-refractivity contribution in [2.75, 3.05) is 37.7 Å². The van der Waals surface area contributed by atoms with Crippen molar-refractivity contribution in [3.05, 3.63) is 29.8 Å². The predicted octanol–water partition coefficient (Wildman–Crippen LogP) is 1.95. The number of carbonyl (C=O) groups is 1. The molecule has 0 amide bonds. The second kappa shape index (κ2) is 6.80. The molecule has 1 atom stereocenters.